The minimum Gasteiger partial charge on any atom is -0.383 e. The standard InChI is InChI=1S/C22H21ClN6O/c23-17-11-5-4-10-16(17)19-18-20(24)29(14-7-2-1-3-8-14)28-21(18)27-22(26-19)25-13-15-9-6-12-30-15/h1-5,7-8,10-11,15H,6,9,12-13,24H2,(H,25,27,28)/t15-/m1/s1. The molecular weight excluding hydrogens is 400 g/mol. The Hall–Kier alpha value is -3.16. The fraction of sp³-hybridized carbons (Fsp3) is 0.227. The molecule has 4 aromatic rings. The van der Waals surface area contributed by atoms with Crippen LogP contribution in [-0.2, 0) is 4.74 Å². The Morgan fingerprint density at radius 1 is 1.10 bits per heavy atom. The van der Waals surface area contributed by atoms with Crippen LogP contribution in [0.4, 0.5) is 11.8 Å². The molecule has 1 atom stereocenters. The molecule has 0 spiro atoms. The van der Waals surface area contributed by atoms with Crippen LogP contribution in [-0.4, -0.2) is 39.0 Å². The SMILES string of the molecule is Nc1c2c(-c3ccccc3Cl)nc(NC[C@H]3CCCO3)nc2nn1-c1ccccc1. The van der Waals surface area contributed by atoms with Gasteiger partial charge in [0, 0.05) is 23.7 Å². The second-order valence-electron chi connectivity index (χ2n) is 7.22. The van der Waals surface area contributed by atoms with Gasteiger partial charge in [0.2, 0.25) is 5.95 Å². The van der Waals surface area contributed by atoms with Crippen LogP contribution in [0.25, 0.3) is 28.0 Å². The van der Waals surface area contributed by atoms with E-state index in [0.29, 0.717) is 40.1 Å². The molecule has 1 aliphatic heterocycles. The molecule has 0 amide bonds. The first kappa shape index (κ1) is 18.8. The molecule has 0 bridgehead atoms. The molecule has 0 aliphatic carbocycles. The van der Waals surface area contributed by atoms with Crippen LogP contribution in [0.5, 0.6) is 0 Å². The maximum atomic E-state index is 6.52. The van der Waals surface area contributed by atoms with Crippen molar-refractivity contribution in [1.29, 1.82) is 0 Å². The number of ether oxygens (including phenoxy) is 1. The molecule has 0 radical (unpaired) electrons. The van der Waals surface area contributed by atoms with Crippen LogP contribution in [0.15, 0.2) is 54.6 Å². The van der Waals surface area contributed by atoms with Crippen LogP contribution in [0.3, 0.4) is 0 Å². The van der Waals surface area contributed by atoms with Gasteiger partial charge in [-0.2, -0.15) is 4.98 Å². The lowest BCUT2D eigenvalue weighted by Crippen LogP contribution is -2.19. The molecule has 0 saturated carbocycles. The average Bonchev–Trinajstić information content (AvgIpc) is 3.41. The van der Waals surface area contributed by atoms with Crippen molar-refractivity contribution in [3.8, 4) is 16.9 Å². The third-order valence-corrected chi connectivity index (χ3v) is 5.54. The number of rotatable bonds is 5. The second-order valence-corrected chi connectivity index (χ2v) is 7.63. The summed E-state index contributed by atoms with van der Waals surface area (Å²) in [6.07, 6.45) is 2.28. The maximum absolute atomic E-state index is 6.52. The summed E-state index contributed by atoms with van der Waals surface area (Å²) in [5, 5.41) is 9.23. The molecule has 7 nitrogen and oxygen atoms in total. The van der Waals surface area contributed by atoms with Gasteiger partial charge >= 0.3 is 0 Å². The first-order chi connectivity index (χ1) is 14.7. The fourth-order valence-electron chi connectivity index (χ4n) is 3.72. The Morgan fingerprint density at radius 3 is 2.67 bits per heavy atom. The highest BCUT2D eigenvalue weighted by molar-refractivity contribution is 6.33. The van der Waals surface area contributed by atoms with E-state index in [1.54, 1.807) is 4.68 Å². The van der Waals surface area contributed by atoms with Crippen LogP contribution in [0.2, 0.25) is 5.02 Å². The second kappa shape index (κ2) is 7.93. The third-order valence-electron chi connectivity index (χ3n) is 5.21. The summed E-state index contributed by atoms with van der Waals surface area (Å²) in [6.45, 7) is 1.44. The van der Waals surface area contributed by atoms with E-state index in [4.69, 9.17) is 27.1 Å². The molecule has 8 heteroatoms. The maximum Gasteiger partial charge on any atom is 0.225 e. The highest BCUT2D eigenvalue weighted by Crippen LogP contribution is 2.36. The predicted octanol–water partition coefficient (Wildman–Crippen LogP) is 4.31. The van der Waals surface area contributed by atoms with Crippen molar-refractivity contribution >= 4 is 34.4 Å². The van der Waals surface area contributed by atoms with Gasteiger partial charge in [0.05, 0.1) is 22.9 Å². The average molecular weight is 421 g/mol. The summed E-state index contributed by atoms with van der Waals surface area (Å²) in [4.78, 5) is 9.39. The van der Waals surface area contributed by atoms with Gasteiger partial charge in [0.15, 0.2) is 5.65 Å². The molecule has 2 aromatic carbocycles. The highest BCUT2D eigenvalue weighted by atomic mass is 35.5. The van der Waals surface area contributed by atoms with Gasteiger partial charge in [-0.15, -0.1) is 5.10 Å². The van der Waals surface area contributed by atoms with E-state index in [1.165, 1.54) is 0 Å². The van der Waals surface area contributed by atoms with E-state index >= 15 is 0 Å². The van der Waals surface area contributed by atoms with E-state index in [2.05, 4.69) is 15.4 Å². The first-order valence-corrected chi connectivity index (χ1v) is 10.3. The summed E-state index contributed by atoms with van der Waals surface area (Å²) in [7, 11) is 0. The summed E-state index contributed by atoms with van der Waals surface area (Å²) >= 11 is 6.50. The van der Waals surface area contributed by atoms with Gasteiger partial charge in [-0.25, -0.2) is 9.67 Å². The van der Waals surface area contributed by atoms with E-state index in [1.807, 2.05) is 54.6 Å². The number of para-hydroxylation sites is 1. The van der Waals surface area contributed by atoms with E-state index in [-0.39, 0.29) is 6.10 Å². The molecule has 3 heterocycles. The number of nitrogens with zero attached hydrogens (tertiary/aromatic N) is 4. The number of hydrogen-bond donors (Lipinski definition) is 2. The van der Waals surface area contributed by atoms with Crippen LogP contribution < -0.4 is 11.1 Å². The quantitative estimate of drug-likeness (QED) is 0.500. The minimum absolute atomic E-state index is 0.167. The Labute approximate surface area is 178 Å². The van der Waals surface area contributed by atoms with Crippen LogP contribution >= 0.6 is 11.6 Å². The van der Waals surface area contributed by atoms with Crippen molar-refractivity contribution in [2.75, 3.05) is 24.2 Å². The molecule has 2 aromatic heterocycles. The molecule has 152 valence electrons. The number of benzene rings is 2. The summed E-state index contributed by atoms with van der Waals surface area (Å²) in [5.74, 6) is 0.947. The molecule has 1 aliphatic rings. The molecule has 1 fully saturated rings. The van der Waals surface area contributed by atoms with Gasteiger partial charge in [0.1, 0.15) is 5.82 Å². The molecule has 5 rings (SSSR count). The molecular formula is C22H21ClN6O. The Morgan fingerprint density at radius 2 is 1.90 bits per heavy atom. The summed E-state index contributed by atoms with van der Waals surface area (Å²) in [6, 6.07) is 17.3. The number of nitrogens with two attached hydrogens (primary N) is 1. The number of hydrogen-bond acceptors (Lipinski definition) is 6. The van der Waals surface area contributed by atoms with E-state index in [0.717, 1.165) is 30.7 Å². The Kier molecular flexibility index (Phi) is 4.98. The van der Waals surface area contributed by atoms with Crippen molar-refractivity contribution < 1.29 is 4.74 Å². The van der Waals surface area contributed by atoms with Crippen molar-refractivity contribution in [3.05, 3.63) is 59.6 Å². The number of nitrogens with one attached hydrogen (secondary N) is 1. The number of nitrogen functional groups attached to an aromatic ring is 1. The zero-order valence-corrected chi connectivity index (χ0v) is 17.0. The zero-order valence-electron chi connectivity index (χ0n) is 16.3. The molecule has 3 N–H and O–H groups in total. The third kappa shape index (κ3) is 3.46. The first-order valence-electron chi connectivity index (χ1n) is 9.93. The summed E-state index contributed by atoms with van der Waals surface area (Å²) < 4.78 is 7.38. The predicted molar refractivity (Wildman–Crippen MR) is 119 cm³/mol. The van der Waals surface area contributed by atoms with Gasteiger partial charge in [-0.1, -0.05) is 48.0 Å². The van der Waals surface area contributed by atoms with Crippen molar-refractivity contribution in [1.82, 2.24) is 19.7 Å². The topological polar surface area (TPSA) is 90.9 Å². The van der Waals surface area contributed by atoms with Gasteiger partial charge < -0.3 is 15.8 Å². The van der Waals surface area contributed by atoms with E-state index < -0.39 is 0 Å². The van der Waals surface area contributed by atoms with E-state index in [9.17, 15) is 0 Å². The zero-order chi connectivity index (χ0) is 20.5. The van der Waals surface area contributed by atoms with Gasteiger partial charge in [-0.05, 0) is 31.0 Å². The monoisotopic (exact) mass is 420 g/mol. The summed E-state index contributed by atoms with van der Waals surface area (Å²) in [5.41, 5.74) is 9.32. The lowest BCUT2D eigenvalue weighted by atomic mass is 10.1. The van der Waals surface area contributed by atoms with Crippen molar-refractivity contribution in [3.63, 3.8) is 0 Å². The number of aromatic nitrogens is 4. The number of anilines is 2. The molecule has 0 unspecified atom stereocenters. The van der Waals surface area contributed by atoms with Crippen LogP contribution in [0.1, 0.15) is 12.8 Å². The minimum atomic E-state index is 0.167. The van der Waals surface area contributed by atoms with Crippen LogP contribution in [0, 0.1) is 0 Å². The van der Waals surface area contributed by atoms with Crippen molar-refractivity contribution in [2.45, 2.75) is 18.9 Å². The fourth-order valence-corrected chi connectivity index (χ4v) is 3.94. The Balaban J connectivity index is 1.65. The van der Waals surface area contributed by atoms with Gasteiger partial charge in [-0.3, -0.25) is 0 Å². The Bertz CT molecular complexity index is 1190. The van der Waals surface area contributed by atoms with Gasteiger partial charge in [0.25, 0.3) is 0 Å². The normalized spacial score (nSPS) is 16.2. The highest BCUT2D eigenvalue weighted by Gasteiger charge is 2.21. The number of halogens is 1. The molecule has 1 saturated heterocycles. The van der Waals surface area contributed by atoms with Crippen molar-refractivity contribution in [2.24, 2.45) is 0 Å². The lowest BCUT2D eigenvalue weighted by molar-refractivity contribution is 0.120. The largest absolute Gasteiger partial charge is 0.383 e. The number of fused-ring (bicyclic) bond motifs is 1. The smallest absolute Gasteiger partial charge is 0.225 e. The lowest BCUT2D eigenvalue weighted by Gasteiger charge is -2.12. The molecule has 30 heavy (non-hydrogen) atoms.